The van der Waals surface area contributed by atoms with Crippen LogP contribution in [0.3, 0.4) is 0 Å². The van der Waals surface area contributed by atoms with Gasteiger partial charge in [-0.15, -0.1) is 0 Å². The van der Waals surface area contributed by atoms with Gasteiger partial charge in [0.15, 0.2) is 0 Å². The maximum absolute atomic E-state index is 13.0. The molecule has 0 saturated heterocycles. The molecule has 0 unspecified atom stereocenters. The lowest BCUT2D eigenvalue weighted by molar-refractivity contribution is 0.170. The predicted octanol–water partition coefficient (Wildman–Crippen LogP) is 4.82. The van der Waals surface area contributed by atoms with Crippen LogP contribution < -0.4 is 4.74 Å². The minimum absolute atomic E-state index is 0.332. The average molecular weight is 325 g/mol. The van der Waals surface area contributed by atoms with Crippen LogP contribution in [0.15, 0.2) is 46.9 Å². The first kappa shape index (κ1) is 14.0. The van der Waals surface area contributed by atoms with Crippen LogP contribution in [-0.2, 0) is 0 Å². The van der Waals surface area contributed by atoms with Crippen LogP contribution >= 0.6 is 15.9 Å². The molecule has 1 N–H and O–H groups in total. The fourth-order valence-corrected chi connectivity index (χ4v) is 2.18. The van der Waals surface area contributed by atoms with Gasteiger partial charge in [-0.25, -0.2) is 4.39 Å². The quantitative estimate of drug-likeness (QED) is 0.873. The normalized spacial score (nSPS) is 12.2. The van der Waals surface area contributed by atoms with E-state index in [1.54, 1.807) is 12.1 Å². The van der Waals surface area contributed by atoms with Crippen LogP contribution in [0.2, 0.25) is 0 Å². The first-order chi connectivity index (χ1) is 9.11. The molecule has 19 heavy (non-hydrogen) atoms. The molecule has 0 saturated carbocycles. The van der Waals surface area contributed by atoms with Crippen molar-refractivity contribution in [3.05, 3.63) is 58.3 Å². The molecule has 1 atom stereocenters. The van der Waals surface area contributed by atoms with Crippen molar-refractivity contribution >= 4 is 15.9 Å². The fourth-order valence-electron chi connectivity index (χ4n) is 1.75. The summed E-state index contributed by atoms with van der Waals surface area (Å²) in [6.07, 6.45) is 0.0285. The molecule has 4 heteroatoms. The van der Waals surface area contributed by atoms with Crippen molar-refractivity contribution in [3.8, 4) is 11.5 Å². The number of aliphatic hydroxyl groups excluding tert-OH is 1. The molecular formula is C15H14BrFO2. The summed E-state index contributed by atoms with van der Waals surface area (Å²) in [7, 11) is 0. The first-order valence-electron chi connectivity index (χ1n) is 6.01. The van der Waals surface area contributed by atoms with E-state index in [4.69, 9.17) is 4.74 Å². The Balaban J connectivity index is 2.33. The molecule has 0 amide bonds. The molecule has 0 radical (unpaired) electrons. The Bertz CT molecular complexity index is 572. The summed E-state index contributed by atoms with van der Waals surface area (Å²) in [4.78, 5) is 0. The highest BCUT2D eigenvalue weighted by Gasteiger charge is 2.13. The summed E-state index contributed by atoms with van der Waals surface area (Å²) in [5.41, 5.74) is 0.723. The highest BCUT2D eigenvalue weighted by Crippen LogP contribution is 2.34. The summed E-state index contributed by atoms with van der Waals surface area (Å²) < 4.78 is 19.3. The smallest absolute Gasteiger partial charge is 0.141 e. The lowest BCUT2D eigenvalue weighted by Gasteiger charge is -2.15. The summed E-state index contributed by atoms with van der Waals surface area (Å²) in [5, 5.41) is 9.95. The third kappa shape index (κ3) is 3.33. The summed E-state index contributed by atoms with van der Waals surface area (Å²) in [5.74, 6) is 0.752. The topological polar surface area (TPSA) is 29.5 Å². The van der Waals surface area contributed by atoms with Gasteiger partial charge in [0.25, 0.3) is 0 Å². The average Bonchev–Trinajstić information content (AvgIpc) is 2.41. The van der Waals surface area contributed by atoms with E-state index >= 15 is 0 Å². The van der Waals surface area contributed by atoms with Crippen molar-refractivity contribution in [2.24, 2.45) is 0 Å². The van der Waals surface area contributed by atoms with E-state index in [2.05, 4.69) is 15.9 Å². The zero-order valence-electron chi connectivity index (χ0n) is 10.4. The van der Waals surface area contributed by atoms with Gasteiger partial charge in [0, 0.05) is 5.56 Å². The number of hydrogen-bond acceptors (Lipinski definition) is 2. The molecule has 0 aromatic heterocycles. The highest BCUT2D eigenvalue weighted by molar-refractivity contribution is 9.10. The van der Waals surface area contributed by atoms with Crippen LogP contribution in [0.5, 0.6) is 11.5 Å². The van der Waals surface area contributed by atoms with E-state index in [1.165, 1.54) is 12.1 Å². The molecule has 0 aliphatic heterocycles. The molecule has 100 valence electrons. The molecule has 2 aromatic rings. The van der Waals surface area contributed by atoms with Crippen molar-refractivity contribution in [2.75, 3.05) is 0 Å². The van der Waals surface area contributed by atoms with E-state index in [9.17, 15) is 9.50 Å². The molecular weight excluding hydrogens is 311 g/mol. The number of halogens is 2. The Morgan fingerprint density at radius 1 is 1.21 bits per heavy atom. The molecule has 0 bridgehead atoms. The molecule has 0 spiro atoms. The monoisotopic (exact) mass is 324 g/mol. The van der Waals surface area contributed by atoms with Gasteiger partial charge in [-0.3, -0.25) is 0 Å². The maximum Gasteiger partial charge on any atom is 0.141 e. The van der Waals surface area contributed by atoms with Crippen molar-refractivity contribution in [3.63, 3.8) is 0 Å². The zero-order chi connectivity index (χ0) is 13.8. The molecule has 0 fully saturated rings. The van der Waals surface area contributed by atoms with E-state index in [1.807, 2.05) is 25.1 Å². The van der Waals surface area contributed by atoms with E-state index in [0.29, 0.717) is 22.4 Å². The lowest BCUT2D eigenvalue weighted by Crippen LogP contribution is -1.98. The van der Waals surface area contributed by atoms with Crippen LogP contribution in [0.25, 0.3) is 0 Å². The fraction of sp³-hybridized carbons (Fsp3) is 0.200. The van der Waals surface area contributed by atoms with Gasteiger partial charge < -0.3 is 9.84 Å². The van der Waals surface area contributed by atoms with Crippen LogP contribution in [0.1, 0.15) is 25.0 Å². The Labute approximate surface area is 120 Å². The number of benzene rings is 2. The Morgan fingerprint density at radius 3 is 2.63 bits per heavy atom. The van der Waals surface area contributed by atoms with Gasteiger partial charge >= 0.3 is 0 Å². The van der Waals surface area contributed by atoms with E-state index < -0.39 is 6.10 Å². The Hall–Kier alpha value is -1.39. The second kappa shape index (κ2) is 6.17. The largest absolute Gasteiger partial charge is 0.456 e. The molecule has 0 aliphatic rings. The van der Waals surface area contributed by atoms with Crippen LogP contribution in [0.4, 0.5) is 4.39 Å². The van der Waals surface area contributed by atoms with Gasteiger partial charge in [0.1, 0.15) is 17.3 Å². The maximum atomic E-state index is 13.0. The number of aliphatic hydroxyl groups is 1. The van der Waals surface area contributed by atoms with Crippen molar-refractivity contribution < 1.29 is 14.2 Å². The molecule has 2 aromatic carbocycles. The Morgan fingerprint density at radius 2 is 1.95 bits per heavy atom. The van der Waals surface area contributed by atoms with E-state index in [-0.39, 0.29) is 5.82 Å². The van der Waals surface area contributed by atoms with Crippen molar-refractivity contribution in [2.45, 2.75) is 19.4 Å². The zero-order valence-corrected chi connectivity index (χ0v) is 12.0. The number of para-hydroxylation sites is 1. The predicted molar refractivity (Wildman–Crippen MR) is 75.9 cm³/mol. The summed E-state index contributed by atoms with van der Waals surface area (Å²) in [6, 6.07) is 11.5. The molecule has 2 rings (SSSR count). The van der Waals surface area contributed by atoms with Crippen LogP contribution in [-0.4, -0.2) is 5.11 Å². The number of hydrogen-bond donors (Lipinski definition) is 1. The lowest BCUT2D eigenvalue weighted by atomic mass is 10.1. The third-order valence-corrected chi connectivity index (χ3v) is 3.40. The molecule has 2 nitrogen and oxygen atoms in total. The molecule has 0 aliphatic carbocycles. The first-order valence-corrected chi connectivity index (χ1v) is 6.81. The van der Waals surface area contributed by atoms with Crippen molar-refractivity contribution in [1.29, 1.82) is 0 Å². The Kier molecular flexibility index (Phi) is 4.56. The van der Waals surface area contributed by atoms with Crippen molar-refractivity contribution in [1.82, 2.24) is 0 Å². The van der Waals surface area contributed by atoms with Gasteiger partial charge in [0.2, 0.25) is 0 Å². The second-order valence-corrected chi connectivity index (χ2v) is 4.99. The standard InChI is InChI=1S/C15H14BrFO2/c1-2-13(18)11-5-3-4-6-14(11)19-15-8-7-10(17)9-12(15)16/h3-9,13,18H,2H2,1H3/t13-/m0/s1. The summed E-state index contributed by atoms with van der Waals surface area (Å²) in [6.45, 7) is 1.90. The SMILES string of the molecule is CC[C@H](O)c1ccccc1Oc1ccc(F)cc1Br. The minimum Gasteiger partial charge on any atom is -0.456 e. The summed E-state index contributed by atoms with van der Waals surface area (Å²) >= 11 is 3.26. The van der Waals surface area contributed by atoms with Gasteiger partial charge in [-0.2, -0.15) is 0 Å². The number of ether oxygens (including phenoxy) is 1. The van der Waals surface area contributed by atoms with Gasteiger partial charge in [-0.1, -0.05) is 25.1 Å². The number of rotatable bonds is 4. The van der Waals surface area contributed by atoms with Gasteiger partial charge in [0.05, 0.1) is 10.6 Å². The molecule has 0 heterocycles. The highest BCUT2D eigenvalue weighted by atomic mass is 79.9. The van der Waals surface area contributed by atoms with Gasteiger partial charge in [-0.05, 0) is 46.6 Å². The van der Waals surface area contributed by atoms with E-state index in [0.717, 1.165) is 5.56 Å². The minimum atomic E-state index is -0.574. The van der Waals surface area contributed by atoms with Crippen LogP contribution in [0, 0.1) is 5.82 Å². The second-order valence-electron chi connectivity index (χ2n) is 4.14. The third-order valence-electron chi connectivity index (χ3n) is 2.78.